The molecule has 0 saturated heterocycles. The first-order chi connectivity index (χ1) is 9.29. The van der Waals surface area contributed by atoms with Gasteiger partial charge in [0.2, 0.25) is 0 Å². The van der Waals surface area contributed by atoms with Gasteiger partial charge >= 0.3 is 0 Å². The Morgan fingerprint density at radius 1 is 1.16 bits per heavy atom. The van der Waals surface area contributed by atoms with Crippen LogP contribution in [-0.2, 0) is 24.5 Å². The Hall–Kier alpha value is -1.78. The molecule has 0 fully saturated rings. The van der Waals surface area contributed by atoms with Crippen molar-refractivity contribution in [1.29, 1.82) is 0 Å². The van der Waals surface area contributed by atoms with E-state index in [0.717, 1.165) is 17.8 Å². The fourth-order valence-corrected chi connectivity index (χ4v) is 1.73. The highest BCUT2D eigenvalue weighted by Gasteiger charge is 2.01. The SMILES string of the molecule is CNCc1ccc(COCc2ccccc2F)nc1. The van der Waals surface area contributed by atoms with Gasteiger partial charge in [-0.1, -0.05) is 24.3 Å². The van der Waals surface area contributed by atoms with Gasteiger partial charge in [0, 0.05) is 18.3 Å². The lowest BCUT2D eigenvalue weighted by Gasteiger charge is -2.06. The standard InChI is InChI=1S/C15H17FN2O/c1-17-8-12-6-7-14(18-9-12)11-19-10-13-4-2-3-5-15(13)16/h2-7,9,17H,8,10-11H2,1H3. The molecular weight excluding hydrogens is 243 g/mol. The zero-order chi connectivity index (χ0) is 13.5. The third kappa shape index (κ3) is 4.12. The number of nitrogens with one attached hydrogen (secondary N) is 1. The van der Waals surface area contributed by atoms with Crippen LogP contribution in [0.5, 0.6) is 0 Å². The van der Waals surface area contributed by atoms with Crippen LogP contribution >= 0.6 is 0 Å². The van der Waals surface area contributed by atoms with E-state index in [4.69, 9.17) is 4.74 Å². The first kappa shape index (κ1) is 13.6. The predicted octanol–water partition coefficient (Wildman–Crippen LogP) is 2.66. The molecule has 0 aliphatic rings. The summed E-state index contributed by atoms with van der Waals surface area (Å²) in [6.07, 6.45) is 1.82. The fraction of sp³-hybridized carbons (Fsp3) is 0.267. The van der Waals surface area contributed by atoms with Gasteiger partial charge in [-0.25, -0.2) is 4.39 Å². The van der Waals surface area contributed by atoms with E-state index < -0.39 is 0 Å². The molecule has 1 N–H and O–H groups in total. The van der Waals surface area contributed by atoms with E-state index in [0.29, 0.717) is 12.2 Å². The number of aromatic nitrogens is 1. The summed E-state index contributed by atoms with van der Waals surface area (Å²) in [5.41, 5.74) is 2.53. The molecule has 1 heterocycles. The van der Waals surface area contributed by atoms with Crippen molar-refractivity contribution >= 4 is 0 Å². The Kier molecular flexibility index (Phi) is 5.01. The molecule has 2 aromatic rings. The van der Waals surface area contributed by atoms with Crippen LogP contribution in [0.4, 0.5) is 4.39 Å². The van der Waals surface area contributed by atoms with Crippen LogP contribution in [0.2, 0.25) is 0 Å². The number of ether oxygens (including phenoxy) is 1. The fourth-order valence-electron chi connectivity index (χ4n) is 1.73. The molecule has 0 saturated carbocycles. The zero-order valence-corrected chi connectivity index (χ0v) is 10.9. The van der Waals surface area contributed by atoms with Crippen LogP contribution < -0.4 is 5.32 Å². The Labute approximate surface area is 112 Å². The van der Waals surface area contributed by atoms with Gasteiger partial charge in [-0.3, -0.25) is 4.98 Å². The highest BCUT2D eigenvalue weighted by molar-refractivity contribution is 5.16. The molecular formula is C15H17FN2O. The lowest BCUT2D eigenvalue weighted by atomic mass is 10.2. The molecule has 2 rings (SSSR count). The monoisotopic (exact) mass is 260 g/mol. The van der Waals surface area contributed by atoms with Crippen molar-refractivity contribution in [3.8, 4) is 0 Å². The van der Waals surface area contributed by atoms with Gasteiger partial charge in [0.15, 0.2) is 0 Å². The van der Waals surface area contributed by atoms with Crippen LogP contribution in [0.3, 0.4) is 0 Å². The molecule has 19 heavy (non-hydrogen) atoms. The maximum Gasteiger partial charge on any atom is 0.128 e. The molecule has 1 aromatic heterocycles. The second-order valence-electron chi connectivity index (χ2n) is 4.27. The smallest absolute Gasteiger partial charge is 0.128 e. The average Bonchev–Trinajstić information content (AvgIpc) is 2.43. The van der Waals surface area contributed by atoms with E-state index in [-0.39, 0.29) is 12.4 Å². The molecule has 0 atom stereocenters. The molecule has 0 amide bonds. The number of hydrogen-bond acceptors (Lipinski definition) is 3. The quantitative estimate of drug-likeness (QED) is 0.867. The maximum absolute atomic E-state index is 13.4. The van der Waals surface area contributed by atoms with E-state index in [1.807, 2.05) is 25.4 Å². The molecule has 100 valence electrons. The first-order valence-electron chi connectivity index (χ1n) is 6.19. The summed E-state index contributed by atoms with van der Waals surface area (Å²) in [5, 5.41) is 3.06. The van der Waals surface area contributed by atoms with Crippen molar-refractivity contribution in [1.82, 2.24) is 10.3 Å². The van der Waals surface area contributed by atoms with E-state index in [1.54, 1.807) is 18.2 Å². The lowest BCUT2D eigenvalue weighted by molar-refractivity contribution is 0.102. The van der Waals surface area contributed by atoms with Crippen molar-refractivity contribution in [3.63, 3.8) is 0 Å². The van der Waals surface area contributed by atoms with Crippen LogP contribution in [0.15, 0.2) is 42.6 Å². The Balaban J connectivity index is 1.84. The van der Waals surface area contributed by atoms with Crippen LogP contribution in [-0.4, -0.2) is 12.0 Å². The number of halogens is 1. The number of hydrogen-bond donors (Lipinski definition) is 1. The molecule has 3 nitrogen and oxygen atoms in total. The molecule has 0 spiro atoms. The van der Waals surface area contributed by atoms with Crippen LogP contribution in [0.1, 0.15) is 16.8 Å². The largest absolute Gasteiger partial charge is 0.370 e. The Morgan fingerprint density at radius 3 is 2.68 bits per heavy atom. The molecule has 0 aliphatic heterocycles. The van der Waals surface area contributed by atoms with Gasteiger partial charge in [-0.15, -0.1) is 0 Å². The number of rotatable bonds is 6. The summed E-state index contributed by atoms with van der Waals surface area (Å²) in [4.78, 5) is 4.29. The first-order valence-corrected chi connectivity index (χ1v) is 6.19. The Bertz CT molecular complexity index is 514. The minimum absolute atomic E-state index is 0.236. The number of pyridine rings is 1. The second kappa shape index (κ2) is 6.97. The molecule has 0 aliphatic carbocycles. The van der Waals surface area contributed by atoms with Crippen LogP contribution in [0, 0.1) is 5.82 Å². The lowest BCUT2D eigenvalue weighted by Crippen LogP contribution is -2.06. The molecule has 1 aromatic carbocycles. The van der Waals surface area contributed by atoms with Crippen LogP contribution in [0.25, 0.3) is 0 Å². The van der Waals surface area contributed by atoms with E-state index >= 15 is 0 Å². The van der Waals surface area contributed by atoms with E-state index in [9.17, 15) is 4.39 Å². The normalized spacial score (nSPS) is 10.6. The Morgan fingerprint density at radius 2 is 2.00 bits per heavy atom. The topological polar surface area (TPSA) is 34.1 Å². The molecule has 0 radical (unpaired) electrons. The second-order valence-corrected chi connectivity index (χ2v) is 4.27. The van der Waals surface area contributed by atoms with Gasteiger partial charge in [0.05, 0.1) is 18.9 Å². The summed E-state index contributed by atoms with van der Waals surface area (Å²) in [5.74, 6) is -0.236. The third-order valence-corrected chi connectivity index (χ3v) is 2.73. The highest BCUT2D eigenvalue weighted by atomic mass is 19.1. The minimum atomic E-state index is -0.236. The van der Waals surface area contributed by atoms with Crippen molar-refractivity contribution in [3.05, 3.63) is 65.2 Å². The molecule has 0 unspecified atom stereocenters. The summed E-state index contributed by atoms with van der Waals surface area (Å²) in [6.45, 7) is 1.43. The van der Waals surface area contributed by atoms with Crippen molar-refractivity contribution in [2.24, 2.45) is 0 Å². The summed E-state index contributed by atoms with van der Waals surface area (Å²) in [6, 6.07) is 10.6. The third-order valence-electron chi connectivity index (χ3n) is 2.73. The van der Waals surface area contributed by atoms with Crippen molar-refractivity contribution in [2.45, 2.75) is 19.8 Å². The van der Waals surface area contributed by atoms with E-state index in [2.05, 4.69) is 10.3 Å². The number of benzene rings is 1. The number of nitrogens with zero attached hydrogens (tertiary/aromatic N) is 1. The summed E-state index contributed by atoms with van der Waals surface area (Å²) in [7, 11) is 1.89. The minimum Gasteiger partial charge on any atom is -0.370 e. The maximum atomic E-state index is 13.4. The van der Waals surface area contributed by atoms with E-state index in [1.165, 1.54) is 6.07 Å². The zero-order valence-electron chi connectivity index (χ0n) is 10.9. The molecule has 4 heteroatoms. The van der Waals surface area contributed by atoms with Gasteiger partial charge < -0.3 is 10.1 Å². The highest BCUT2D eigenvalue weighted by Crippen LogP contribution is 2.09. The van der Waals surface area contributed by atoms with Crippen molar-refractivity contribution < 1.29 is 9.13 Å². The summed E-state index contributed by atoms with van der Waals surface area (Å²) < 4.78 is 18.8. The molecule has 0 bridgehead atoms. The van der Waals surface area contributed by atoms with Gasteiger partial charge in [-0.05, 0) is 24.7 Å². The average molecular weight is 260 g/mol. The van der Waals surface area contributed by atoms with Gasteiger partial charge in [0.25, 0.3) is 0 Å². The van der Waals surface area contributed by atoms with Crippen molar-refractivity contribution in [2.75, 3.05) is 7.05 Å². The predicted molar refractivity (Wildman–Crippen MR) is 71.9 cm³/mol. The van der Waals surface area contributed by atoms with Gasteiger partial charge in [0.1, 0.15) is 5.82 Å². The van der Waals surface area contributed by atoms with Gasteiger partial charge in [-0.2, -0.15) is 0 Å². The summed E-state index contributed by atoms with van der Waals surface area (Å²) >= 11 is 0.